The highest BCUT2D eigenvalue weighted by molar-refractivity contribution is 5.67. The summed E-state index contributed by atoms with van der Waals surface area (Å²) in [5.41, 5.74) is -8.35. The highest BCUT2D eigenvalue weighted by Gasteiger charge is 2.72. The van der Waals surface area contributed by atoms with Gasteiger partial charge in [-0.15, -0.1) is 26.3 Å². The van der Waals surface area contributed by atoms with Gasteiger partial charge in [0.05, 0.1) is 24.0 Å². The van der Waals surface area contributed by atoms with E-state index in [4.69, 9.17) is 9.47 Å². The maximum Gasteiger partial charge on any atom is 0.419 e. The standard InChI is InChI=1S/C36H35F9N2O2/c1-7-17-46(18-8-2)28-22-25(12-15-30(28)48-6)33(35(40,41)42,36(43,44)45)26-13-16-31(29(23-26)47(19-9-3)20-10-4)49-32-21-24(5)11-14-27(32)34(37,38)39/h7-16,21-23H,1-4,17-20H2,5-6H3. The Morgan fingerprint density at radius 3 is 1.41 bits per heavy atom. The normalized spacial score (nSPS) is 12.2. The van der Waals surface area contributed by atoms with Crippen LogP contribution in [0.5, 0.6) is 17.2 Å². The summed E-state index contributed by atoms with van der Waals surface area (Å²) >= 11 is 0. The lowest BCUT2D eigenvalue weighted by molar-refractivity contribution is -0.288. The van der Waals surface area contributed by atoms with Crippen LogP contribution >= 0.6 is 0 Å². The number of aryl methyl sites for hydroxylation is 1. The molecule has 0 amide bonds. The van der Waals surface area contributed by atoms with E-state index in [1.54, 1.807) is 0 Å². The average Bonchev–Trinajstić information content (AvgIpc) is 3.00. The SMILES string of the molecule is C=CCN(CC=C)c1cc(C(c2ccc(Oc3cc(C)ccc3C(F)(F)F)c(N(CC=C)CC=C)c2)(C(F)(F)F)C(F)(F)F)ccc1OC. The van der Waals surface area contributed by atoms with E-state index in [1.165, 1.54) is 54.2 Å². The minimum absolute atomic E-state index is 0.00287. The molecule has 0 aliphatic heterocycles. The molecule has 13 heteroatoms. The number of halogens is 9. The Hall–Kier alpha value is -4.81. The Labute approximate surface area is 279 Å². The monoisotopic (exact) mass is 698 g/mol. The Balaban J connectivity index is 2.48. The largest absolute Gasteiger partial charge is 0.495 e. The maximum atomic E-state index is 15.4. The molecule has 4 nitrogen and oxygen atoms in total. The minimum atomic E-state index is -5.99. The van der Waals surface area contributed by atoms with Gasteiger partial charge in [-0.2, -0.15) is 39.5 Å². The lowest BCUT2D eigenvalue weighted by Crippen LogP contribution is -2.55. The first kappa shape index (κ1) is 38.6. The molecule has 0 aliphatic carbocycles. The van der Waals surface area contributed by atoms with E-state index in [0.717, 1.165) is 30.3 Å². The van der Waals surface area contributed by atoms with Gasteiger partial charge in [0.2, 0.25) is 5.41 Å². The van der Waals surface area contributed by atoms with E-state index < -0.39 is 52.1 Å². The van der Waals surface area contributed by atoms with Crippen molar-refractivity contribution in [1.82, 2.24) is 0 Å². The molecule has 0 saturated carbocycles. The third-order valence-corrected chi connectivity index (χ3v) is 7.60. The zero-order valence-electron chi connectivity index (χ0n) is 26.8. The molecule has 0 spiro atoms. The van der Waals surface area contributed by atoms with Gasteiger partial charge in [-0.1, -0.05) is 42.5 Å². The molecule has 0 radical (unpaired) electrons. The van der Waals surface area contributed by atoms with Crippen LogP contribution in [0.2, 0.25) is 0 Å². The summed E-state index contributed by atoms with van der Waals surface area (Å²) in [4.78, 5) is 2.70. The lowest BCUT2D eigenvalue weighted by atomic mass is 9.72. The van der Waals surface area contributed by atoms with Crippen LogP contribution in [0.4, 0.5) is 50.9 Å². The molecule has 264 valence electrons. The third kappa shape index (κ3) is 7.92. The number of hydrogen-bond acceptors (Lipinski definition) is 4. The second kappa shape index (κ2) is 15.2. The van der Waals surface area contributed by atoms with Crippen molar-refractivity contribution >= 4 is 11.4 Å². The van der Waals surface area contributed by atoms with Crippen molar-refractivity contribution in [2.24, 2.45) is 0 Å². The first-order chi connectivity index (χ1) is 22.9. The van der Waals surface area contributed by atoms with Crippen LogP contribution in [-0.2, 0) is 11.6 Å². The number of hydrogen-bond donors (Lipinski definition) is 0. The van der Waals surface area contributed by atoms with Gasteiger partial charge in [0.25, 0.3) is 0 Å². The van der Waals surface area contributed by atoms with E-state index in [2.05, 4.69) is 26.3 Å². The van der Waals surface area contributed by atoms with Crippen molar-refractivity contribution in [3.05, 3.63) is 127 Å². The average molecular weight is 699 g/mol. The zero-order chi connectivity index (χ0) is 36.8. The highest BCUT2D eigenvalue weighted by Crippen LogP contribution is 2.58. The Bertz CT molecular complexity index is 1630. The van der Waals surface area contributed by atoms with Gasteiger partial charge < -0.3 is 19.3 Å². The fraction of sp³-hybridized carbons (Fsp3) is 0.278. The van der Waals surface area contributed by atoms with Gasteiger partial charge in [-0.05, 0) is 60.0 Å². The fourth-order valence-electron chi connectivity index (χ4n) is 5.47. The van der Waals surface area contributed by atoms with Crippen LogP contribution in [0.3, 0.4) is 0 Å². The maximum absolute atomic E-state index is 15.4. The smallest absolute Gasteiger partial charge is 0.419 e. The molecule has 0 fully saturated rings. The van der Waals surface area contributed by atoms with E-state index >= 15 is 26.3 Å². The van der Waals surface area contributed by atoms with E-state index in [0.29, 0.717) is 23.8 Å². The highest BCUT2D eigenvalue weighted by atomic mass is 19.4. The Morgan fingerprint density at radius 2 is 1.02 bits per heavy atom. The van der Waals surface area contributed by atoms with Gasteiger partial charge in [0.1, 0.15) is 11.5 Å². The predicted molar refractivity (Wildman–Crippen MR) is 174 cm³/mol. The summed E-state index contributed by atoms with van der Waals surface area (Å²) in [5.74, 6) is -1.13. The van der Waals surface area contributed by atoms with Crippen LogP contribution in [0.15, 0.2) is 105 Å². The minimum Gasteiger partial charge on any atom is -0.495 e. The van der Waals surface area contributed by atoms with E-state index in [1.807, 2.05) is 0 Å². The summed E-state index contributed by atoms with van der Waals surface area (Å²) in [5, 5.41) is 0. The predicted octanol–water partition coefficient (Wildman–Crippen LogP) is 10.6. The van der Waals surface area contributed by atoms with E-state index in [-0.39, 0.29) is 43.3 Å². The number of rotatable bonds is 15. The van der Waals surface area contributed by atoms with Crippen molar-refractivity contribution in [1.29, 1.82) is 0 Å². The number of nitrogens with zero attached hydrogens (tertiary/aromatic N) is 2. The Morgan fingerprint density at radius 1 is 0.592 bits per heavy atom. The topological polar surface area (TPSA) is 24.9 Å². The van der Waals surface area contributed by atoms with Gasteiger partial charge in [-0.25, -0.2) is 0 Å². The van der Waals surface area contributed by atoms with Crippen molar-refractivity contribution in [3.8, 4) is 17.2 Å². The van der Waals surface area contributed by atoms with E-state index in [9.17, 15) is 13.2 Å². The number of benzene rings is 3. The van der Waals surface area contributed by atoms with Gasteiger partial charge in [0, 0.05) is 26.2 Å². The van der Waals surface area contributed by atoms with Crippen LogP contribution in [0.25, 0.3) is 0 Å². The molecular formula is C36H35F9N2O2. The summed E-state index contributed by atoms with van der Waals surface area (Å²) in [7, 11) is 1.22. The van der Waals surface area contributed by atoms with Crippen LogP contribution in [-0.4, -0.2) is 45.6 Å². The summed E-state index contributed by atoms with van der Waals surface area (Å²) < 4.78 is 145. The van der Waals surface area contributed by atoms with Crippen LogP contribution in [0, 0.1) is 6.92 Å². The molecule has 0 unspecified atom stereocenters. The second-order valence-corrected chi connectivity index (χ2v) is 10.9. The lowest BCUT2D eigenvalue weighted by Gasteiger charge is -2.39. The van der Waals surface area contributed by atoms with Crippen LogP contribution < -0.4 is 19.3 Å². The summed E-state index contributed by atoms with van der Waals surface area (Å²) in [6.07, 6.45) is -11.4. The van der Waals surface area contributed by atoms with Crippen molar-refractivity contribution in [2.75, 3.05) is 43.1 Å². The van der Waals surface area contributed by atoms with Gasteiger partial charge >= 0.3 is 18.5 Å². The molecule has 3 aromatic carbocycles. The van der Waals surface area contributed by atoms with Gasteiger partial charge in [-0.3, -0.25) is 0 Å². The van der Waals surface area contributed by atoms with Crippen molar-refractivity contribution in [2.45, 2.75) is 30.9 Å². The van der Waals surface area contributed by atoms with Crippen molar-refractivity contribution in [3.63, 3.8) is 0 Å². The first-order valence-corrected chi connectivity index (χ1v) is 14.7. The number of anilines is 2. The molecule has 0 aliphatic rings. The molecule has 0 N–H and O–H groups in total. The first-order valence-electron chi connectivity index (χ1n) is 14.7. The molecular weight excluding hydrogens is 663 g/mol. The molecule has 0 bridgehead atoms. The fourth-order valence-corrected chi connectivity index (χ4v) is 5.47. The van der Waals surface area contributed by atoms with Gasteiger partial charge in [0.15, 0.2) is 5.75 Å². The quantitative estimate of drug-likeness (QED) is 0.117. The zero-order valence-corrected chi connectivity index (χ0v) is 26.8. The number of ether oxygens (including phenoxy) is 2. The molecule has 0 heterocycles. The number of alkyl halides is 9. The molecule has 0 saturated heterocycles. The number of methoxy groups -OCH3 is 1. The molecule has 0 atom stereocenters. The summed E-state index contributed by atoms with van der Waals surface area (Å²) in [6, 6.07) is 7.45. The second-order valence-electron chi connectivity index (χ2n) is 10.9. The Kier molecular flexibility index (Phi) is 12.0. The molecule has 3 rings (SSSR count). The molecule has 49 heavy (non-hydrogen) atoms. The van der Waals surface area contributed by atoms with Crippen molar-refractivity contribution < 1.29 is 49.0 Å². The third-order valence-electron chi connectivity index (χ3n) is 7.60. The summed E-state index contributed by atoms with van der Waals surface area (Å²) in [6.45, 7) is 15.7. The van der Waals surface area contributed by atoms with Crippen LogP contribution in [0.1, 0.15) is 22.3 Å². The molecule has 0 aromatic heterocycles. The molecule has 3 aromatic rings.